The van der Waals surface area contributed by atoms with Crippen molar-refractivity contribution >= 4 is 36.7 Å². The van der Waals surface area contributed by atoms with E-state index in [1.54, 1.807) is 19.9 Å². The lowest BCUT2D eigenvalue weighted by Crippen LogP contribution is -2.48. The summed E-state index contributed by atoms with van der Waals surface area (Å²) in [5.74, 6) is 0.232. The predicted octanol–water partition coefficient (Wildman–Crippen LogP) is 3.43. The third-order valence-corrected chi connectivity index (χ3v) is 8.01. The number of aromatic nitrogens is 2. The van der Waals surface area contributed by atoms with Crippen LogP contribution in [0.25, 0.3) is 10.2 Å². The number of anilines is 1. The molecule has 29 heavy (non-hydrogen) atoms. The van der Waals surface area contributed by atoms with Gasteiger partial charge < -0.3 is 9.42 Å². The van der Waals surface area contributed by atoms with Crippen LogP contribution in [-0.4, -0.2) is 49.0 Å². The first-order valence-electron chi connectivity index (χ1n) is 8.74. The molecule has 0 unspecified atom stereocenters. The van der Waals surface area contributed by atoms with Gasteiger partial charge in [0.05, 0.1) is 15.8 Å². The second-order valence-electron chi connectivity index (χ2n) is 6.69. The van der Waals surface area contributed by atoms with Crippen molar-refractivity contribution in [2.45, 2.75) is 24.9 Å². The summed E-state index contributed by atoms with van der Waals surface area (Å²) in [5, 5.41) is 4.15. The average Bonchev–Trinajstić information content (AvgIpc) is 3.24. The number of halogens is 3. The molecule has 3 heterocycles. The Bertz CT molecular complexity index is 1140. The molecule has 0 amide bonds. The van der Waals surface area contributed by atoms with Gasteiger partial charge in [-0.25, -0.2) is 13.4 Å². The van der Waals surface area contributed by atoms with Gasteiger partial charge >= 0.3 is 6.18 Å². The molecule has 2 aromatic heterocycles. The third-order valence-electron chi connectivity index (χ3n) is 4.79. The molecule has 0 radical (unpaired) electrons. The number of hydrogen-bond donors (Lipinski definition) is 0. The summed E-state index contributed by atoms with van der Waals surface area (Å²) in [6.07, 6.45) is -4.48. The zero-order chi connectivity index (χ0) is 21.0. The van der Waals surface area contributed by atoms with Crippen LogP contribution in [0, 0.1) is 13.8 Å². The van der Waals surface area contributed by atoms with Crippen molar-refractivity contribution in [1.82, 2.24) is 14.4 Å². The fourth-order valence-electron chi connectivity index (χ4n) is 3.39. The summed E-state index contributed by atoms with van der Waals surface area (Å²) in [5.41, 5.74) is -0.543. The van der Waals surface area contributed by atoms with Gasteiger partial charge in [-0.2, -0.15) is 17.5 Å². The van der Waals surface area contributed by atoms with Crippen LogP contribution in [0.5, 0.6) is 0 Å². The van der Waals surface area contributed by atoms with E-state index in [-0.39, 0.29) is 29.3 Å². The molecule has 0 bridgehead atoms. The van der Waals surface area contributed by atoms with Gasteiger partial charge in [0.2, 0.25) is 10.0 Å². The van der Waals surface area contributed by atoms with E-state index >= 15 is 0 Å². The summed E-state index contributed by atoms with van der Waals surface area (Å²) in [6.45, 7) is 4.14. The van der Waals surface area contributed by atoms with E-state index in [9.17, 15) is 21.6 Å². The normalized spacial score (nSPS) is 16.7. The SMILES string of the molecule is Cc1noc(C)c1S(=O)(=O)N1CCN(c2nc3c(C(F)(F)F)cccc3s2)CC1. The van der Waals surface area contributed by atoms with Crippen LogP contribution in [-0.2, 0) is 16.2 Å². The molecule has 1 aromatic carbocycles. The molecule has 0 atom stereocenters. The van der Waals surface area contributed by atoms with Gasteiger partial charge in [0.1, 0.15) is 10.6 Å². The Hall–Kier alpha value is -2.18. The third kappa shape index (κ3) is 3.49. The minimum absolute atomic E-state index is 0.0701. The molecule has 0 saturated carbocycles. The van der Waals surface area contributed by atoms with Crippen molar-refractivity contribution in [3.8, 4) is 0 Å². The zero-order valence-corrected chi connectivity index (χ0v) is 17.2. The number of rotatable bonds is 3. The standard InChI is InChI=1S/C17H17F3N4O3S2/c1-10-15(11(2)27-22-10)29(25,26)24-8-6-23(7-9-24)16-21-14-12(17(18,19)20)4-3-5-13(14)28-16/h3-5H,6-9H2,1-2H3. The number of benzene rings is 1. The number of fused-ring (bicyclic) bond motifs is 1. The summed E-state index contributed by atoms with van der Waals surface area (Å²) in [7, 11) is -3.75. The summed E-state index contributed by atoms with van der Waals surface area (Å²) in [6, 6.07) is 3.98. The van der Waals surface area contributed by atoms with Crippen molar-refractivity contribution < 1.29 is 26.1 Å². The molecule has 156 valence electrons. The maximum atomic E-state index is 13.2. The highest BCUT2D eigenvalue weighted by Gasteiger charge is 2.36. The monoisotopic (exact) mass is 446 g/mol. The molecule has 4 rings (SSSR count). The summed E-state index contributed by atoms with van der Waals surface area (Å²) in [4.78, 5) is 6.08. The molecule has 7 nitrogen and oxygen atoms in total. The van der Waals surface area contributed by atoms with Crippen LogP contribution in [0.2, 0.25) is 0 Å². The quantitative estimate of drug-likeness (QED) is 0.613. The smallest absolute Gasteiger partial charge is 0.360 e. The van der Waals surface area contributed by atoms with Crippen LogP contribution in [0.1, 0.15) is 17.0 Å². The summed E-state index contributed by atoms with van der Waals surface area (Å²) >= 11 is 1.17. The van der Waals surface area contributed by atoms with E-state index in [1.165, 1.54) is 21.7 Å². The van der Waals surface area contributed by atoms with Crippen LogP contribution in [0.4, 0.5) is 18.3 Å². The minimum atomic E-state index is -4.48. The van der Waals surface area contributed by atoms with Gasteiger partial charge in [0.25, 0.3) is 0 Å². The molecule has 0 aliphatic carbocycles. The van der Waals surface area contributed by atoms with E-state index in [0.29, 0.717) is 28.6 Å². The minimum Gasteiger partial charge on any atom is -0.360 e. The topological polar surface area (TPSA) is 79.5 Å². The van der Waals surface area contributed by atoms with Crippen molar-refractivity contribution in [2.75, 3.05) is 31.1 Å². The lowest BCUT2D eigenvalue weighted by atomic mass is 10.2. The average molecular weight is 446 g/mol. The van der Waals surface area contributed by atoms with Gasteiger partial charge in [-0.1, -0.05) is 22.6 Å². The zero-order valence-electron chi connectivity index (χ0n) is 15.5. The molecule has 0 N–H and O–H groups in total. The van der Waals surface area contributed by atoms with Gasteiger partial charge in [-0.05, 0) is 26.0 Å². The van der Waals surface area contributed by atoms with E-state index in [0.717, 1.165) is 6.07 Å². The number of hydrogen-bond acceptors (Lipinski definition) is 7. The first kappa shape index (κ1) is 20.1. The molecule has 1 saturated heterocycles. The number of alkyl halides is 3. The van der Waals surface area contributed by atoms with Gasteiger partial charge in [-0.15, -0.1) is 0 Å². The van der Waals surface area contributed by atoms with Crippen molar-refractivity contribution in [3.05, 3.63) is 35.2 Å². The van der Waals surface area contributed by atoms with E-state index < -0.39 is 21.8 Å². The molecule has 1 aliphatic rings. The van der Waals surface area contributed by atoms with E-state index in [4.69, 9.17) is 4.52 Å². The predicted molar refractivity (Wildman–Crippen MR) is 102 cm³/mol. The Morgan fingerprint density at radius 1 is 1.14 bits per heavy atom. The lowest BCUT2D eigenvalue weighted by molar-refractivity contribution is -0.136. The largest absolute Gasteiger partial charge is 0.418 e. The maximum absolute atomic E-state index is 13.2. The van der Waals surface area contributed by atoms with Crippen molar-refractivity contribution in [2.24, 2.45) is 0 Å². The second kappa shape index (κ2) is 6.96. The first-order valence-corrected chi connectivity index (χ1v) is 11.0. The number of para-hydroxylation sites is 1. The van der Waals surface area contributed by atoms with E-state index in [1.807, 2.05) is 4.90 Å². The Morgan fingerprint density at radius 2 is 1.83 bits per heavy atom. The molecule has 0 spiro atoms. The molecule has 1 aliphatic heterocycles. The molecule has 3 aromatic rings. The van der Waals surface area contributed by atoms with E-state index in [2.05, 4.69) is 10.1 Å². The fourth-order valence-corrected chi connectivity index (χ4v) is 6.15. The number of piperazine rings is 1. The van der Waals surface area contributed by atoms with Crippen LogP contribution < -0.4 is 4.90 Å². The Labute approximate surface area is 168 Å². The Balaban J connectivity index is 1.56. The number of nitrogens with zero attached hydrogens (tertiary/aromatic N) is 4. The Morgan fingerprint density at radius 3 is 2.41 bits per heavy atom. The highest BCUT2D eigenvalue weighted by Crippen LogP contribution is 2.38. The number of aryl methyl sites for hydroxylation is 2. The highest BCUT2D eigenvalue weighted by molar-refractivity contribution is 7.89. The van der Waals surface area contributed by atoms with Crippen LogP contribution in [0.3, 0.4) is 0 Å². The van der Waals surface area contributed by atoms with Crippen molar-refractivity contribution in [3.63, 3.8) is 0 Å². The molecule has 1 fully saturated rings. The lowest BCUT2D eigenvalue weighted by Gasteiger charge is -2.33. The second-order valence-corrected chi connectivity index (χ2v) is 9.57. The van der Waals surface area contributed by atoms with Gasteiger partial charge in [0, 0.05) is 26.2 Å². The number of sulfonamides is 1. The maximum Gasteiger partial charge on any atom is 0.418 e. The fraction of sp³-hybridized carbons (Fsp3) is 0.412. The van der Waals surface area contributed by atoms with Crippen LogP contribution >= 0.6 is 11.3 Å². The number of thiazole rings is 1. The van der Waals surface area contributed by atoms with Crippen LogP contribution in [0.15, 0.2) is 27.6 Å². The summed E-state index contributed by atoms with van der Waals surface area (Å²) < 4.78 is 72.2. The van der Waals surface area contributed by atoms with Crippen molar-refractivity contribution in [1.29, 1.82) is 0 Å². The van der Waals surface area contributed by atoms with Gasteiger partial charge in [-0.3, -0.25) is 0 Å². The first-order chi connectivity index (χ1) is 13.6. The highest BCUT2D eigenvalue weighted by atomic mass is 32.2. The Kier molecular flexibility index (Phi) is 4.82. The molecular formula is C17H17F3N4O3S2. The molecular weight excluding hydrogens is 429 g/mol. The molecule has 12 heteroatoms. The van der Waals surface area contributed by atoms with Gasteiger partial charge in [0.15, 0.2) is 10.9 Å².